The molecule has 3 N–H and O–H groups in total. The highest BCUT2D eigenvalue weighted by atomic mass is 19.4. The van der Waals surface area contributed by atoms with E-state index in [1.165, 1.54) is 15.3 Å². The molecule has 2 atom stereocenters. The van der Waals surface area contributed by atoms with Crippen LogP contribution in [-0.2, 0) is 9.53 Å². The number of primary amides is 1. The molecule has 15 heteroatoms. The normalized spacial score (nSPS) is 18.8. The Kier molecular flexibility index (Phi) is 8.23. The summed E-state index contributed by atoms with van der Waals surface area (Å²) in [7, 11) is 0. The Bertz CT molecular complexity index is 1540. The van der Waals surface area contributed by atoms with Gasteiger partial charge in [-0.3, -0.25) is 14.3 Å². The van der Waals surface area contributed by atoms with E-state index in [9.17, 15) is 31.5 Å². The van der Waals surface area contributed by atoms with Crippen molar-refractivity contribution in [3.8, 4) is 0 Å². The number of fused-ring (bicyclic) bond motifs is 1. The lowest BCUT2D eigenvalue weighted by atomic mass is 9.79. The summed E-state index contributed by atoms with van der Waals surface area (Å²) >= 11 is 0. The van der Waals surface area contributed by atoms with E-state index in [0.29, 0.717) is 16.9 Å². The largest absolute Gasteiger partial charge is 0.416 e. The molecule has 3 aromatic rings. The van der Waals surface area contributed by atoms with E-state index < -0.39 is 36.1 Å². The molecule has 2 saturated carbocycles. The van der Waals surface area contributed by atoms with E-state index in [4.69, 9.17) is 10.5 Å². The van der Waals surface area contributed by atoms with Gasteiger partial charge in [0.05, 0.1) is 42.3 Å². The number of rotatable bonds is 12. The van der Waals surface area contributed by atoms with Crippen LogP contribution in [0.5, 0.6) is 0 Å². The minimum Gasteiger partial charge on any atom is -0.365 e. The average molecular weight is 626 g/mol. The van der Waals surface area contributed by atoms with Crippen LogP contribution >= 0.6 is 0 Å². The third kappa shape index (κ3) is 6.71. The third-order valence-corrected chi connectivity index (χ3v) is 8.28. The van der Waals surface area contributed by atoms with Crippen LogP contribution in [0.3, 0.4) is 0 Å². The lowest BCUT2D eigenvalue weighted by Gasteiger charge is -2.34. The second-order valence-corrected chi connectivity index (χ2v) is 12.7. The Morgan fingerprint density at radius 1 is 1.16 bits per heavy atom. The van der Waals surface area contributed by atoms with Crippen molar-refractivity contribution < 1.29 is 36.3 Å². The van der Waals surface area contributed by atoms with Gasteiger partial charge in [-0.1, -0.05) is 0 Å². The Balaban J connectivity index is 1.44. The van der Waals surface area contributed by atoms with Gasteiger partial charge in [-0.15, -0.1) is 0 Å². The van der Waals surface area contributed by atoms with Crippen LogP contribution in [0.1, 0.15) is 105 Å². The summed E-state index contributed by atoms with van der Waals surface area (Å²) in [6.45, 7) is 4.96. The van der Waals surface area contributed by atoms with Crippen molar-refractivity contribution in [2.45, 2.75) is 95.5 Å². The zero-order valence-corrected chi connectivity index (χ0v) is 24.9. The molecule has 10 nitrogen and oxygen atoms in total. The first-order valence-electron chi connectivity index (χ1n) is 14.6. The van der Waals surface area contributed by atoms with Gasteiger partial charge in [-0.2, -0.15) is 23.4 Å². The van der Waals surface area contributed by atoms with E-state index in [0.717, 1.165) is 26.7 Å². The van der Waals surface area contributed by atoms with Gasteiger partial charge in [0, 0.05) is 25.3 Å². The fourth-order valence-electron chi connectivity index (χ4n) is 5.43. The number of amides is 2. The van der Waals surface area contributed by atoms with E-state index >= 15 is 0 Å². The van der Waals surface area contributed by atoms with E-state index in [2.05, 4.69) is 20.5 Å². The van der Waals surface area contributed by atoms with Crippen molar-refractivity contribution in [1.82, 2.24) is 29.7 Å². The molecule has 2 amide bonds. The molecule has 3 aromatic heterocycles. The number of carbonyl (C=O) groups is 2. The Morgan fingerprint density at radius 3 is 2.39 bits per heavy atom. The maximum Gasteiger partial charge on any atom is 0.416 e. The lowest BCUT2D eigenvalue weighted by Crippen LogP contribution is -2.42. The van der Waals surface area contributed by atoms with Gasteiger partial charge in [0.2, 0.25) is 11.8 Å². The van der Waals surface area contributed by atoms with Crippen molar-refractivity contribution in [3.05, 3.63) is 47.2 Å². The number of alkyl halides is 5. The third-order valence-electron chi connectivity index (χ3n) is 8.28. The number of halogens is 5. The number of nitrogens with zero attached hydrogens (tertiary/aromatic N) is 5. The van der Waals surface area contributed by atoms with Crippen LogP contribution in [0.2, 0.25) is 0 Å². The molecule has 44 heavy (non-hydrogen) atoms. The number of aromatic nitrogens is 5. The lowest BCUT2D eigenvalue weighted by molar-refractivity contribution is -0.264. The second-order valence-electron chi connectivity index (χ2n) is 12.7. The first-order chi connectivity index (χ1) is 20.4. The number of hydrogen-bond donors (Lipinski definition) is 2. The topological polar surface area (TPSA) is 129 Å². The molecule has 3 heterocycles. The first-order valence-corrected chi connectivity index (χ1v) is 14.6. The monoisotopic (exact) mass is 625 g/mol. The summed E-state index contributed by atoms with van der Waals surface area (Å²) in [5.74, 6) is -4.85. The van der Waals surface area contributed by atoms with Crippen molar-refractivity contribution >= 4 is 17.5 Å². The molecule has 0 saturated heterocycles. The van der Waals surface area contributed by atoms with E-state index in [1.807, 2.05) is 0 Å². The molecule has 0 aliphatic heterocycles. The number of nitrogens with two attached hydrogens (primary N) is 1. The van der Waals surface area contributed by atoms with Crippen LogP contribution in [0.25, 0.3) is 5.65 Å². The molecule has 5 rings (SSSR count). The highest BCUT2D eigenvalue weighted by molar-refractivity contribution is 5.91. The SMILES string of the molecule is CC(C)n1nc([C@H](COC(C)(C)C(F)(F)F)c2cn3ncc([C@H](NC(=O)CC4CC(F)(F)C4)C4CC4)cc3n2)cc1C(N)=O. The molecule has 2 aliphatic rings. The van der Waals surface area contributed by atoms with Gasteiger partial charge in [0.15, 0.2) is 11.2 Å². The first kappa shape index (κ1) is 31.8. The predicted molar refractivity (Wildman–Crippen MR) is 148 cm³/mol. The van der Waals surface area contributed by atoms with Crippen LogP contribution in [0.15, 0.2) is 24.5 Å². The molecule has 2 fully saturated rings. The van der Waals surface area contributed by atoms with Gasteiger partial charge in [0.25, 0.3) is 5.91 Å². The smallest absolute Gasteiger partial charge is 0.365 e. The van der Waals surface area contributed by atoms with Crippen LogP contribution in [-0.4, -0.2) is 60.5 Å². The summed E-state index contributed by atoms with van der Waals surface area (Å²) in [6.07, 6.45) is -0.318. The minimum absolute atomic E-state index is 0.0221. The summed E-state index contributed by atoms with van der Waals surface area (Å²) in [6, 6.07) is 2.51. The Morgan fingerprint density at radius 2 is 1.84 bits per heavy atom. The second kappa shape index (κ2) is 11.4. The number of imidazole rings is 1. The highest BCUT2D eigenvalue weighted by Gasteiger charge is 2.49. The molecular formula is C29H36F5N7O3. The Hall–Kier alpha value is -3.62. The summed E-state index contributed by atoms with van der Waals surface area (Å²) in [5.41, 5.74) is 4.76. The fourth-order valence-corrected chi connectivity index (χ4v) is 5.43. The van der Waals surface area contributed by atoms with E-state index in [1.54, 1.807) is 32.3 Å². The van der Waals surface area contributed by atoms with Crippen molar-refractivity contribution in [3.63, 3.8) is 0 Å². The molecule has 0 radical (unpaired) electrons. The van der Waals surface area contributed by atoms with Crippen LogP contribution < -0.4 is 11.1 Å². The molecule has 0 aromatic carbocycles. The van der Waals surface area contributed by atoms with Gasteiger partial charge in [0.1, 0.15) is 5.69 Å². The predicted octanol–water partition coefficient (Wildman–Crippen LogP) is 5.10. The zero-order chi connectivity index (χ0) is 32.2. The summed E-state index contributed by atoms with van der Waals surface area (Å²) in [4.78, 5) is 29.5. The van der Waals surface area contributed by atoms with Crippen molar-refractivity contribution in [2.75, 3.05) is 6.61 Å². The molecular weight excluding hydrogens is 589 g/mol. The maximum atomic E-state index is 13.6. The van der Waals surface area contributed by atoms with Crippen LogP contribution in [0, 0.1) is 11.8 Å². The summed E-state index contributed by atoms with van der Waals surface area (Å²) < 4.78 is 75.6. The standard InChI is InChI=1S/C29H36F5N7O3/c1-15(2)41-22(26(35)43)9-20(39-41)19(14-44-27(3,4)29(32,33)34)21-13-40-23(37-21)8-18(12-36-40)25(17-5-6-17)38-24(42)7-16-10-28(30,31)11-16/h8-9,12-13,15-17,19,25H,5-7,10-11,14H2,1-4H3,(H2,35,43)(H,38,42)/t19-,25+/m0/s1. The molecule has 0 unspecified atom stereocenters. The Labute approximate surface area is 250 Å². The summed E-state index contributed by atoms with van der Waals surface area (Å²) in [5, 5.41) is 11.9. The number of ether oxygens (including phenoxy) is 1. The number of nitrogens with one attached hydrogen (secondary N) is 1. The van der Waals surface area contributed by atoms with Gasteiger partial charge in [-0.25, -0.2) is 18.3 Å². The van der Waals surface area contributed by atoms with Crippen molar-refractivity contribution in [1.29, 1.82) is 0 Å². The van der Waals surface area contributed by atoms with E-state index in [-0.39, 0.29) is 60.5 Å². The highest BCUT2D eigenvalue weighted by Crippen LogP contribution is 2.45. The molecule has 240 valence electrons. The average Bonchev–Trinajstić information content (AvgIpc) is 3.48. The molecule has 0 spiro atoms. The maximum absolute atomic E-state index is 13.6. The zero-order valence-electron chi connectivity index (χ0n) is 24.9. The molecule has 0 bridgehead atoms. The van der Waals surface area contributed by atoms with Crippen LogP contribution in [0.4, 0.5) is 22.0 Å². The quantitative estimate of drug-likeness (QED) is 0.270. The fraction of sp³-hybridized carbons (Fsp3) is 0.621. The molecule has 2 aliphatic carbocycles. The van der Waals surface area contributed by atoms with Gasteiger partial charge < -0.3 is 15.8 Å². The van der Waals surface area contributed by atoms with Gasteiger partial charge in [-0.05, 0) is 70.1 Å². The number of hydrogen-bond acceptors (Lipinski definition) is 6. The van der Waals surface area contributed by atoms with Crippen molar-refractivity contribution in [2.24, 2.45) is 17.6 Å². The van der Waals surface area contributed by atoms with Gasteiger partial charge >= 0.3 is 6.18 Å². The minimum atomic E-state index is -4.65. The number of carbonyl (C=O) groups excluding carboxylic acids is 2.